The third-order valence-electron chi connectivity index (χ3n) is 2.45. The summed E-state index contributed by atoms with van der Waals surface area (Å²) in [5.74, 6) is 2.07. The average molecular weight is 232 g/mol. The molecule has 1 heterocycles. The Labute approximate surface area is 95.5 Å². The highest BCUT2D eigenvalue weighted by Crippen LogP contribution is 2.07. The first-order chi connectivity index (χ1) is 7.27. The molecule has 88 valence electrons. The predicted molar refractivity (Wildman–Crippen MR) is 63.2 cm³/mol. The number of ether oxygens (including phenoxy) is 1. The van der Waals surface area contributed by atoms with Crippen molar-refractivity contribution in [2.45, 2.75) is 25.4 Å². The molecule has 1 rings (SSSR count). The van der Waals surface area contributed by atoms with Gasteiger partial charge in [-0.05, 0) is 6.42 Å². The van der Waals surface area contributed by atoms with Crippen LogP contribution < -0.4 is 10.6 Å². The molecule has 1 fully saturated rings. The van der Waals surface area contributed by atoms with E-state index in [9.17, 15) is 4.79 Å². The third kappa shape index (κ3) is 4.40. The molecule has 0 aromatic carbocycles. The zero-order chi connectivity index (χ0) is 11.1. The molecule has 1 aliphatic rings. The lowest BCUT2D eigenvalue weighted by Crippen LogP contribution is -2.52. The van der Waals surface area contributed by atoms with Gasteiger partial charge in [0.1, 0.15) is 0 Å². The second-order valence-corrected chi connectivity index (χ2v) is 4.80. The molecule has 0 bridgehead atoms. The van der Waals surface area contributed by atoms with Gasteiger partial charge in [-0.15, -0.1) is 0 Å². The topological polar surface area (TPSA) is 50.4 Å². The average Bonchev–Trinajstić information content (AvgIpc) is 2.29. The summed E-state index contributed by atoms with van der Waals surface area (Å²) in [5, 5.41) is 6.21. The Hall–Kier alpha value is -0.260. The van der Waals surface area contributed by atoms with Crippen molar-refractivity contribution < 1.29 is 9.53 Å². The van der Waals surface area contributed by atoms with Crippen molar-refractivity contribution in [2.75, 3.05) is 31.8 Å². The molecule has 15 heavy (non-hydrogen) atoms. The molecule has 2 unspecified atom stereocenters. The van der Waals surface area contributed by atoms with E-state index in [0.717, 1.165) is 24.5 Å². The molecule has 2 atom stereocenters. The minimum absolute atomic E-state index is 0.0327. The van der Waals surface area contributed by atoms with E-state index in [1.54, 1.807) is 7.11 Å². The number of hydrogen-bond acceptors (Lipinski definition) is 4. The zero-order valence-corrected chi connectivity index (χ0v) is 10.2. The maximum Gasteiger partial charge on any atom is 0.238 e. The van der Waals surface area contributed by atoms with E-state index in [-0.39, 0.29) is 18.0 Å². The fourth-order valence-corrected chi connectivity index (χ4v) is 2.43. The molecule has 0 spiro atoms. The molecule has 0 saturated carbocycles. The van der Waals surface area contributed by atoms with Crippen LogP contribution in [0.25, 0.3) is 0 Å². The third-order valence-corrected chi connectivity index (χ3v) is 3.51. The van der Waals surface area contributed by atoms with Crippen molar-refractivity contribution in [3.05, 3.63) is 0 Å². The number of carbonyl (C=O) groups is 1. The molecule has 0 aromatic rings. The van der Waals surface area contributed by atoms with E-state index in [2.05, 4.69) is 10.6 Å². The molecule has 1 saturated heterocycles. The molecule has 5 heteroatoms. The van der Waals surface area contributed by atoms with Crippen LogP contribution in [0.1, 0.15) is 13.3 Å². The number of carbonyl (C=O) groups excluding carboxylic acids is 1. The van der Waals surface area contributed by atoms with Crippen LogP contribution in [-0.4, -0.2) is 49.8 Å². The smallest absolute Gasteiger partial charge is 0.238 e. The van der Waals surface area contributed by atoms with Gasteiger partial charge in [0, 0.05) is 25.2 Å². The number of hydrogen-bond donors (Lipinski definition) is 2. The van der Waals surface area contributed by atoms with E-state index in [1.807, 2.05) is 18.7 Å². The molecular formula is C10H20N2O2S. The van der Waals surface area contributed by atoms with Crippen molar-refractivity contribution in [3.63, 3.8) is 0 Å². The van der Waals surface area contributed by atoms with Crippen molar-refractivity contribution >= 4 is 17.7 Å². The lowest BCUT2D eigenvalue weighted by molar-refractivity contribution is -0.123. The van der Waals surface area contributed by atoms with Crippen LogP contribution in [0, 0.1) is 0 Å². The van der Waals surface area contributed by atoms with E-state index < -0.39 is 0 Å². The van der Waals surface area contributed by atoms with Gasteiger partial charge in [-0.1, -0.05) is 6.92 Å². The SMILES string of the molecule is CCC(COC)NC(=O)C1CSCCN1. The van der Waals surface area contributed by atoms with Crippen LogP contribution in [0.15, 0.2) is 0 Å². The Kier molecular flexibility index (Phi) is 6.05. The number of nitrogens with one attached hydrogen (secondary N) is 2. The lowest BCUT2D eigenvalue weighted by Gasteiger charge is -2.25. The quantitative estimate of drug-likeness (QED) is 0.712. The van der Waals surface area contributed by atoms with Gasteiger partial charge >= 0.3 is 0 Å². The number of methoxy groups -OCH3 is 1. The first-order valence-electron chi connectivity index (χ1n) is 5.38. The monoisotopic (exact) mass is 232 g/mol. The largest absolute Gasteiger partial charge is 0.383 e. The fraction of sp³-hybridized carbons (Fsp3) is 0.900. The highest BCUT2D eigenvalue weighted by Gasteiger charge is 2.22. The highest BCUT2D eigenvalue weighted by molar-refractivity contribution is 7.99. The van der Waals surface area contributed by atoms with Gasteiger partial charge in [-0.25, -0.2) is 0 Å². The highest BCUT2D eigenvalue weighted by atomic mass is 32.2. The summed E-state index contributed by atoms with van der Waals surface area (Å²) in [4.78, 5) is 11.8. The fourth-order valence-electron chi connectivity index (χ4n) is 1.50. The van der Waals surface area contributed by atoms with Crippen LogP contribution >= 0.6 is 11.8 Å². The second-order valence-electron chi connectivity index (χ2n) is 3.65. The number of thioether (sulfide) groups is 1. The summed E-state index contributed by atoms with van der Waals surface area (Å²) in [6.07, 6.45) is 0.902. The molecule has 4 nitrogen and oxygen atoms in total. The Balaban J connectivity index is 2.31. The van der Waals surface area contributed by atoms with Gasteiger partial charge < -0.3 is 15.4 Å². The standard InChI is InChI=1S/C10H20N2O2S/c1-3-8(6-14-2)12-10(13)9-7-15-5-4-11-9/h8-9,11H,3-7H2,1-2H3,(H,12,13). The first kappa shape index (κ1) is 12.8. The Morgan fingerprint density at radius 1 is 1.73 bits per heavy atom. The van der Waals surface area contributed by atoms with Gasteiger partial charge in [0.2, 0.25) is 5.91 Å². The number of rotatable bonds is 5. The van der Waals surface area contributed by atoms with Gasteiger partial charge in [0.15, 0.2) is 0 Å². The molecule has 2 N–H and O–H groups in total. The predicted octanol–water partition coefficient (Wildman–Crippen LogP) is 0.233. The van der Waals surface area contributed by atoms with Crippen LogP contribution in [0.4, 0.5) is 0 Å². The maximum absolute atomic E-state index is 11.8. The van der Waals surface area contributed by atoms with Crippen LogP contribution in [0.2, 0.25) is 0 Å². The zero-order valence-electron chi connectivity index (χ0n) is 9.41. The maximum atomic E-state index is 11.8. The second kappa shape index (κ2) is 7.09. The van der Waals surface area contributed by atoms with E-state index >= 15 is 0 Å². The Bertz CT molecular complexity index is 196. The van der Waals surface area contributed by atoms with Crippen LogP contribution in [-0.2, 0) is 9.53 Å². The molecule has 0 radical (unpaired) electrons. The summed E-state index contributed by atoms with van der Waals surface area (Å²) in [7, 11) is 1.66. The number of amides is 1. The Morgan fingerprint density at radius 2 is 2.53 bits per heavy atom. The first-order valence-corrected chi connectivity index (χ1v) is 6.53. The molecule has 0 aromatic heterocycles. The van der Waals surface area contributed by atoms with E-state index in [4.69, 9.17) is 4.74 Å². The van der Waals surface area contributed by atoms with Gasteiger partial charge in [-0.3, -0.25) is 4.79 Å². The minimum Gasteiger partial charge on any atom is -0.383 e. The summed E-state index contributed by atoms with van der Waals surface area (Å²) in [6.45, 7) is 3.55. The summed E-state index contributed by atoms with van der Waals surface area (Å²) < 4.78 is 5.04. The molecule has 1 aliphatic heterocycles. The Morgan fingerprint density at radius 3 is 3.07 bits per heavy atom. The minimum atomic E-state index is -0.0327. The molecular weight excluding hydrogens is 212 g/mol. The van der Waals surface area contributed by atoms with Crippen molar-refractivity contribution in [2.24, 2.45) is 0 Å². The van der Waals surface area contributed by atoms with Crippen LogP contribution in [0.3, 0.4) is 0 Å². The van der Waals surface area contributed by atoms with Crippen molar-refractivity contribution in [1.82, 2.24) is 10.6 Å². The van der Waals surface area contributed by atoms with Crippen LogP contribution in [0.5, 0.6) is 0 Å². The van der Waals surface area contributed by atoms with E-state index in [1.165, 1.54) is 0 Å². The van der Waals surface area contributed by atoms with Crippen molar-refractivity contribution in [1.29, 1.82) is 0 Å². The summed E-state index contributed by atoms with van der Waals surface area (Å²) >= 11 is 1.82. The van der Waals surface area contributed by atoms with Crippen molar-refractivity contribution in [3.8, 4) is 0 Å². The van der Waals surface area contributed by atoms with Gasteiger partial charge in [0.25, 0.3) is 0 Å². The summed E-state index contributed by atoms with van der Waals surface area (Å²) in [6, 6.07) is 0.103. The van der Waals surface area contributed by atoms with Gasteiger partial charge in [-0.2, -0.15) is 11.8 Å². The molecule has 1 amide bonds. The van der Waals surface area contributed by atoms with Gasteiger partial charge in [0.05, 0.1) is 18.7 Å². The van der Waals surface area contributed by atoms with E-state index in [0.29, 0.717) is 6.61 Å². The lowest BCUT2D eigenvalue weighted by atomic mass is 10.2. The summed E-state index contributed by atoms with van der Waals surface area (Å²) in [5.41, 5.74) is 0. The molecule has 0 aliphatic carbocycles. The normalized spacial score (nSPS) is 23.5.